The van der Waals surface area contributed by atoms with Gasteiger partial charge in [0.1, 0.15) is 0 Å². The van der Waals surface area contributed by atoms with E-state index < -0.39 is 6.09 Å². The molecule has 74 valence electrons. The van der Waals surface area contributed by atoms with Crippen molar-refractivity contribution in [3.8, 4) is 0 Å². The molecule has 1 aromatic rings. The van der Waals surface area contributed by atoms with Gasteiger partial charge < -0.3 is 10.0 Å². The van der Waals surface area contributed by atoms with Crippen LogP contribution in [-0.4, -0.2) is 34.4 Å². The monoisotopic (exact) mass is 209 g/mol. The number of carboxylic acid groups (broad SMARTS) is 1. The van der Waals surface area contributed by atoms with Gasteiger partial charge in [0.2, 0.25) is 0 Å². The van der Waals surface area contributed by atoms with E-state index in [0.29, 0.717) is 18.3 Å². The molecule has 1 amide bonds. The van der Waals surface area contributed by atoms with Crippen molar-refractivity contribution in [2.24, 2.45) is 0 Å². The van der Waals surface area contributed by atoms with E-state index in [2.05, 4.69) is 0 Å². The SMILES string of the molecule is O=C(O)N1CC(Sc2ccccc2)C1. The highest BCUT2D eigenvalue weighted by molar-refractivity contribution is 8.00. The third kappa shape index (κ3) is 2.01. The van der Waals surface area contributed by atoms with Crippen LogP contribution in [0.4, 0.5) is 4.79 Å². The average Bonchev–Trinajstić information content (AvgIpc) is 2.12. The fourth-order valence-electron chi connectivity index (χ4n) is 1.36. The quantitative estimate of drug-likeness (QED) is 0.811. The second kappa shape index (κ2) is 3.92. The van der Waals surface area contributed by atoms with Crippen molar-refractivity contribution < 1.29 is 9.90 Å². The summed E-state index contributed by atoms with van der Waals surface area (Å²) in [5.74, 6) is 0. The zero-order valence-electron chi connectivity index (χ0n) is 7.59. The van der Waals surface area contributed by atoms with Gasteiger partial charge in [-0.2, -0.15) is 0 Å². The lowest BCUT2D eigenvalue weighted by Crippen LogP contribution is -2.51. The van der Waals surface area contributed by atoms with Crippen LogP contribution in [-0.2, 0) is 0 Å². The number of hydrogen-bond donors (Lipinski definition) is 1. The van der Waals surface area contributed by atoms with E-state index in [1.165, 1.54) is 9.80 Å². The molecule has 0 spiro atoms. The Labute approximate surface area is 86.7 Å². The Morgan fingerprint density at radius 3 is 2.57 bits per heavy atom. The molecule has 1 fully saturated rings. The van der Waals surface area contributed by atoms with E-state index >= 15 is 0 Å². The first-order valence-corrected chi connectivity index (χ1v) is 5.33. The molecule has 0 radical (unpaired) electrons. The molecule has 14 heavy (non-hydrogen) atoms. The maximum absolute atomic E-state index is 10.5. The molecule has 1 aliphatic heterocycles. The lowest BCUT2D eigenvalue weighted by Gasteiger charge is -2.36. The summed E-state index contributed by atoms with van der Waals surface area (Å²) in [5, 5.41) is 9.06. The third-order valence-corrected chi connectivity index (χ3v) is 3.34. The Kier molecular flexibility index (Phi) is 2.63. The van der Waals surface area contributed by atoms with Gasteiger partial charge in [0.15, 0.2) is 0 Å². The Bertz CT molecular complexity index is 322. The van der Waals surface area contributed by atoms with Crippen molar-refractivity contribution in [3.63, 3.8) is 0 Å². The molecule has 4 heteroatoms. The predicted molar refractivity (Wildman–Crippen MR) is 55.7 cm³/mol. The second-order valence-corrected chi connectivity index (χ2v) is 4.61. The normalized spacial score (nSPS) is 16.4. The molecule has 2 rings (SSSR count). The zero-order valence-corrected chi connectivity index (χ0v) is 8.41. The smallest absolute Gasteiger partial charge is 0.407 e. The molecule has 1 N–H and O–H groups in total. The standard InChI is InChI=1S/C10H11NO2S/c12-10(13)11-6-9(7-11)14-8-4-2-1-3-5-8/h1-5,9H,6-7H2,(H,12,13). The van der Waals surface area contributed by atoms with E-state index in [1.807, 2.05) is 30.3 Å². The maximum atomic E-state index is 10.5. The number of nitrogens with zero attached hydrogens (tertiary/aromatic N) is 1. The number of benzene rings is 1. The van der Waals surface area contributed by atoms with Crippen molar-refractivity contribution in [1.29, 1.82) is 0 Å². The molecular formula is C10H11NO2S. The van der Waals surface area contributed by atoms with Crippen molar-refractivity contribution in [2.45, 2.75) is 10.1 Å². The van der Waals surface area contributed by atoms with Crippen LogP contribution in [0, 0.1) is 0 Å². The van der Waals surface area contributed by atoms with Crippen LogP contribution in [0.5, 0.6) is 0 Å². The van der Waals surface area contributed by atoms with Crippen LogP contribution >= 0.6 is 11.8 Å². The number of thioether (sulfide) groups is 1. The van der Waals surface area contributed by atoms with E-state index in [1.54, 1.807) is 11.8 Å². The van der Waals surface area contributed by atoms with Crippen molar-refractivity contribution in [3.05, 3.63) is 30.3 Å². The minimum atomic E-state index is -0.810. The summed E-state index contributed by atoms with van der Waals surface area (Å²) in [6.07, 6.45) is -0.810. The molecule has 1 heterocycles. The van der Waals surface area contributed by atoms with E-state index in [9.17, 15) is 4.79 Å². The molecular weight excluding hydrogens is 198 g/mol. The Morgan fingerprint density at radius 1 is 1.36 bits per heavy atom. The second-order valence-electron chi connectivity index (χ2n) is 3.24. The topological polar surface area (TPSA) is 40.5 Å². The van der Waals surface area contributed by atoms with Gasteiger partial charge in [-0.3, -0.25) is 0 Å². The molecule has 0 bridgehead atoms. The van der Waals surface area contributed by atoms with Crippen LogP contribution in [0.3, 0.4) is 0 Å². The lowest BCUT2D eigenvalue weighted by molar-refractivity contribution is 0.121. The zero-order chi connectivity index (χ0) is 9.97. The predicted octanol–water partition coefficient (Wildman–Crippen LogP) is 2.14. The average molecular weight is 209 g/mol. The van der Waals surface area contributed by atoms with Gasteiger partial charge >= 0.3 is 6.09 Å². The molecule has 0 saturated carbocycles. The molecule has 1 aromatic carbocycles. The largest absolute Gasteiger partial charge is 0.465 e. The summed E-state index contributed by atoms with van der Waals surface area (Å²) in [4.78, 5) is 13.1. The maximum Gasteiger partial charge on any atom is 0.407 e. The fourth-order valence-corrected chi connectivity index (χ4v) is 2.57. The minimum absolute atomic E-state index is 0.425. The minimum Gasteiger partial charge on any atom is -0.465 e. The van der Waals surface area contributed by atoms with E-state index in [4.69, 9.17) is 5.11 Å². The Morgan fingerprint density at radius 2 is 2.00 bits per heavy atom. The van der Waals surface area contributed by atoms with Gasteiger partial charge in [0.05, 0.1) is 0 Å². The van der Waals surface area contributed by atoms with Gasteiger partial charge in [-0.05, 0) is 12.1 Å². The van der Waals surface area contributed by atoms with Gasteiger partial charge in [-0.25, -0.2) is 4.79 Å². The number of hydrogen-bond acceptors (Lipinski definition) is 2. The molecule has 0 aliphatic carbocycles. The van der Waals surface area contributed by atoms with Crippen molar-refractivity contribution in [2.75, 3.05) is 13.1 Å². The Balaban J connectivity index is 1.82. The van der Waals surface area contributed by atoms with Crippen LogP contribution < -0.4 is 0 Å². The van der Waals surface area contributed by atoms with Crippen LogP contribution in [0.1, 0.15) is 0 Å². The molecule has 1 aliphatic rings. The number of carbonyl (C=O) groups is 1. The highest BCUT2D eigenvalue weighted by Gasteiger charge is 2.30. The first-order chi connectivity index (χ1) is 6.75. The molecule has 0 atom stereocenters. The number of likely N-dealkylation sites (tertiary alicyclic amines) is 1. The number of amides is 1. The first kappa shape index (κ1) is 9.40. The fraction of sp³-hybridized carbons (Fsp3) is 0.300. The van der Waals surface area contributed by atoms with Crippen LogP contribution in [0.15, 0.2) is 35.2 Å². The Hall–Kier alpha value is -1.16. The highest BCUT2D eigenvalue weighted by Crippen LogP contribution is 2.29. The molecule has 1 saturated heterocycles. The summed E-state index contributed by atoms with van der Waals surface area (Å²) >= 11 is 1.75. The van der Waals surface area contributed by atoms with E-state index in [0.717, 1.165) is 0 Å². The number of rotatable bonds is 2. The van der Waals surface area contributed by atoms with Crippen LogP contribution in [0.2, 0.25) is 0 Å². The summed E-state index contributed by atoms with van der Waals surface area (Å²) in [7, 11) is 0. The summed E-state index contributed by atoms with van der Waals surface area (Å²) in [5.41, 5.74) is 0. The van der Waals surface area contributed by atoms with Crippen molar-refractivity contribution >= 4 is 17.9 Å². The molecule has 3 nitrogen and oxygen atoms in total. The first-order valence-electron chi connectivity index (χ1n) is 4.45. The van der Waals surface area contributed by atoms with Crippen LogP contribution in [0.25, 0.3) is 0 Å². The van der Waals surface area contributed by atoms with Gasteiger partial charge in [-0.1, -0.05) is 18.2 Å². The molecule has 0 aromatic heterocycles. The van der Waals surface area contributed by atoms with Gasteiger partial charge in [0.25, 0.3) is 0 Å². The highest BCUT2D eigenvalue weighted by atomic mass is 32.2. The summed E-state index contributed by atoms with van der Waals surface area (Å²) in [6, 6.07) is 10.1. The lowest BCUT2D eigenvalue weighted by atomic mass is 10.2. The van der Waals surface area contributed by atoms with Crippen molar-refractivity contribution in [1.82, 2.24) is 4.90 Å². The molecule has 0 unspecified atom stereocenters. The van der Waals surface area contributed by atoms with E-state index in [-0.39, 0.29) is 0 Å². The summed E-state index contributed by atoms with van der Waals surface area (Å²) in [6.45, 7) is 1.30. The third-order valence-electron chi connectivity index (χ3n) is 2.16. The van der Waals surface area contributed by atoms with Gasteiger partial charge in [0, 0.05) is 23.2 Å². The van der Waals surface area contributed by atoms with Gasteiger partial charge in [-0.15, -0.1) is 11.8 Å². The summed E-state index contributed by atoms with van der Waals surface area (Å²) < 4.78 is 0.